The molecule has 2 aromatic rings. The topological polar surface area (TPSA) is 55.2 Å². The molecule has 1 aliphatic heterocycles. The second-order valence-electron chi connectivity index (χ2n) is 4.47. The second kappa shape index (κ2) is 3.92. The maximum absolute atomic E-state index is 11.1. The third-order valence-corrected chi connectivity index (χ3v) is 3.60. The van der Waals surface area contributed by atoms with E-state index in [1.54, 1.807) is 0 Å². The molecule has 1 aromatic carbocycles. The van der Waals surface area contributed by atoms with Crippen LogP contribution >= 0.6 is 12.6 Å². The number of thiol groups is 1. The normalized spacial score (nSPS) is 18.2. The van der Waals surface area contributed by atoms with E-state index in [0.717, 1.165) is 23.3 Å². The van der Waals surface area contributed by atoms with Crippen LogP contribution < -0.4 is 5.76 Å². The number of hydrogen-bond donors (Lipinski definition) is 2. The standard InChI is InChI=1S/C12H13NO3S/c14-11-13-9-2-1-8(5-10(9)16-11)12(3-4-17)6-15-7-12/h1-2,5,17H,3-4,6-7H2,(H,13,14). The van der Waals surface area contributed by atoms with Crippen LogP contribution in [0.5, 0.6) is 0 Å². The lowest BCUT2D eigenvalue weighted by Crippen LogP contribution is -2.47. The van der Waals surface area contributed by atoms with E-state index in [-0.39, 0.29) is 5.41 Å². The lowest BCUT2D eigenvalue weighted by molar-refractivity contribution is -0.0613. The quantitative estimate of drug-likeness (QED) is 0.816. The summed E-state index contributed by atoms with van der Waals surface area (Å²) in [5.74, 6) is 0.406. The maximum Gasteiger partial charge on any atom is 0.417 e. The van der Waals surface area contributed by atoms with Crippen molar-refractivity contribution >= 4 is 23.7 Å². The Morgan fingerprint density at radius 1 is 1.41 bits per heavy atom. The Kier molecular flexibility index (Phi) is 2.52. The fraction of sp³-hybridized carbons (Fsp3) is 0.417. The first-order valence-electron chi connectivity index (χ1n) is 5.55. The number of aromatic nitrogens is 1. The molecule has 1 fully saturated rings. The van der Waals surface area contributed by atoms with Gasteiger partial charge in [0.15, 0.2) is 5.58 Å². The van der Waals surface area contributed by atoms with Crippen molar-refractivity contribution in [2.24, 2.45) is 0 Å². The number of ether oxygens (including phenoxy) is 1. The van der Waals surface area contributed by atoms with Crippen molar-refractivity contribution in [1.82, 2.24) is 4.98 Å². The minimum Gasteiger partial charge on any atom is -0.408 e. The predicted molar refractivity (Wildman–Crippen MR) is 67.8 cm³/mol. The molecule has 0 aliphatic carbocycles. The molecule has 4 nitrogen and oxygen atoms in total. The van der Waals surface area contributed by atoms with Gasteiger partial charge in [-0.25, -0.2) is 4.79 Å². The third kappa shape index (κ3) is 1.70. The zero-order chi connectivity index (χ0) is 11.9. The number of aromatic amines is 1. The van der Waals surface area contributed by atoms with Gasteiger partial charge in [0.05, 0.1) is 18.7 Å². The van der Waals surface area contributed by atoms with E-state index >= 15 is 0 Å². The summed E-state index contributed by atoms with van der Waals surface area (Å²) in [6, 6.07) is 5.84. The molecule has 2 heterocycles. The van der Waals surface area contributed by atoms with Gasteiger partial charge in [-0.3, -0.25) is 4.98 Å². The van der Waals surface area contributed by atoms with Gasteiger partial charge < -0.3 is 9.15 Å². The van der Waals surface area contributed by atoms with Crippen molar-refractivity contribution < 1.29 is 9.15 Å². The Bertz CT molecular complexity index is 597. The molecule has 17 heavy (non-hydrogen) atoms. The van der Waals surface area contributed by atoms with Gasteiger partial charge in [-0.1, -0.05) is 6.07 Å². The molecule has 0 spiro atoms. The number of rotatable bonds is 3. The van der Waals surface area contributed by atoms with Crippen molar-refractivity contribution in [3.63, 3.8) is 0 Å². The summed E-state index contributed by atoms with van der Waals surface area (Å²) >= 11 is 4.29. The summed E-state index contributed by atoms with van der Waals surface area (Å²) < 4.78 is 10.4. The SMILES string of the molecule is O=c1[nH]c2ccc(C3(CCS)COC3)cc2o1. The molecule has 0 bridgehead atoms. The van der Waals surface area contributed by atoms with Crippen molar-refractivity contribution in [3.8, 4) is 0 Å². The molecule has 0 unspecified atom stereocenters. The van der Waals surface area contributed by atoms with E-state index in [0.29, 0.717) is 18.8 Å². The summed E-state index contributed by atoms with van der Waals surface area (Å²) in [5.41, 5.74) is 2.55. The first-order chi connectivity index (χ1) is 8.23. The van der Waals surface area contributed by atoms with Gasteiger partial charge in [0, 0.05) is 5.41 Å². The van der Waals surface area contributed by atoms with E-state index in [4.69, 9.17) is 9.15 Å². The lowest BCUT2D eigenvalue weighted by Gasteiger charge is -2.41. The summed E-state index contributed by atoms with van der Waals surface area (Å²) in [7, 11) is 0. The van der Waals surface area contributed by atoms with E-state index in [2.05, 4.69) is 17.6 Å². The van der Waals surface area contributed by atoms with Crippen molar-refractivity contribution in [1.29, 1.82) is 0 Å². The number of oxazole rings is 1. The highest BCUT2D eigenvalue weighted by Crippen LogP contribution is 2.37. The Balaban J connectivity index is 2.07. The zero-order valence-electron chi connectivity index (χ0n) is 9.23. The summed E-state index contributed by atoms with van der Waals surface area (Å²) in [5, 5.41) is 0. The number of H-pyrrole nitrogens is 1. The van der Waals surface area contributed by atoms with Crippen molar-refractivity contribution in [2.75, 3.05) is 19.0 Å². The smallest absolute Gasteiger partial charge is 0.408 e. The summed E-state index contributed by atoms with van der Waals surface area (Å²) in [6.07, 6.45) is 0.969. The molecule has 0 saturated carbocycles. The Morgan fingerprint density at radius 3 is 2.88 bits per heavy atom. The van der Waals surface area contributed by atoms with Gasteiger partial charge in [0.1, 0.15) is 0 Å². The van der Waals surface area contributed by atoms with E-state index in [1.165, 1.54) is 0 Å². The number of nitrogens with one attached hydrogen (secondary N) is 1. The van der Waals surface area contributed by atoms with E-state index < -0.39 is 5.76 Å². The summed E-state index contributed by atoms with van der Waals surface area (Å²) in [6.45, 7) is 1.43. The van der Waals surface area contributed by atoms with Crippen LogP contribution in [-0.2, 0) is 10.2 Å². The van der Waals surface area contributed by atoms with Crippen LogP contribution in [-0.4, -0.2) is 24.0 Å². The molecule has 1 N–H and O–H groups in total. The average Bonchev–Trinajstić information content (AvgIpc) is 2.62. The molecular formula is C12H13NO3S. The molecule has 90 valence electrons. The molecular weight excluding hydrogens is 238 g/mol. The minimum atomic E-state index is -0.412. The highest BCUT2D eigenvalue weighted by Gasteiger charge is 2.39. The van der Waals surface area contributed by atoms with Crippen molar-refractivity contribution in [3.05, 3.63) is 34.3 Å². The minimum absolute atomic E-state index is 0.0474. The molecule has 0 atom stereocenters. The largest absolute Gasteiger partial charge is 0.417 e. The van der Waals surface area contributed by atoms with Crippen LogP contribution in [0.15, 0.2) is 27.4 Å². The van der Waals surface area contributed by atoms with Crippen molar-refractivity contribution in [2.45, 2.75) is 11.8 Å². The molecule has 1 aromatic heterocycles. The van der Waals surface area contributed by atoms with E-state index in [9.17, 15) is 4.79 Å². The predicted octanol–water partition coefficient (Wildman–Crippen LogP) is 1.71. The Labute approximate surface area is 103 Å². The van der Waals surface area contributed by atoms with Crippen LogP contribution in [0.4, 0.5) is 0 Å². The van der Waals surface area contributed by atoms with Gasteiger partial charge in [-0.15, -0.1) is 0 Å². The van der Waals surface area contributed by atoms with Gasteiger partial charge in [-0.05, 0) is 29.9 Å². The first-order valence-corrected chi connectivity index (χ1v) is 6.19. The fourth-order valence-electron chi connectivity index (χ4n) is 2.29. The molecule has 0 radical (unpaired) electrons. The molecule has 1 aliphatic rings. The summed E-state index contributed by atoms with van der Waals surface area (Å²) in [4.78, 5) is 13.7. The average molecular weight is 251 g/mol. The van der Waals surface area contributed by atoms with Crippen LogP contribution in [0.2, 0.25) is 0 Å². The van der Waals surface area contributed by atoms with Crippen LogP contribution in [0.25, 0.3) is 11.1 Å². The van der Waals surface area contributed by atoms with Crippen LogP contribution in [0.3, 0.4) is 0 Å². The fourth-order valence-corrected chi connectivity index (χ4v) is 2.72. The molecule has 0 amide bonds. The van der Waals surface area contributed by atoms with Gasteiger partial charge in [0.25, 0.3) is 0 Å². The van der Waals surface area contributed by atoms with Gasteiger partial charge >= 0.3 is 5.76 Å². The number of fused-ring (bicyclic) bond motifs is 1. The zero-order valence-corrected chi connectivity index (χ0v) is 10.1. The van der Waals surface area contributed by atoms with Crippen LogP contribution in [0.1, 0.15) is 12.0 Å². The Hall–Kier alpha value is -1.20. The van der Waals surface area contributed by atoms with Crippen LogP contribution in [0, 0.1) is 0 Å². The molecule has 5 heteroatoms. The molecule has 1 saturated heterocycles. The highest BCUT2D eigenvalue weighted by molar-refractivity contribution is 7.80. The van der Waals surface area contributed by atoms with Gasteiger partial charge in [0.2, 0.25) is 0 Å². The maximum atomic E-state index is 11.1. The van der Waals surface area contributed by atoms with Gasteiger partial charge in [-0.2, -0.15) is 12.6 Å². The highest BCUT2D eigenvalue weighted by atomic mass is 32.1. The number of benzene rings is 1. The molecule has 3 rings (SSSR count). The van der Waals surface area contributed by atoms with E-state index in [1.807, 2.05) is 18.2 Å². The Morgan fingerprint density at radius 2 is 2.24 bits per heavy atom. The first kappa shape index (κ1) is 10.9. The monoisotopic (exact) mass is 251 g/mol. The third-order valence-electron chi connectivity index (χ3n) is 3.38. The second-order valence-corrected chi connectivity index (χ2v) is 4.92. The number of hydrogen-bond acceptors (Lipinski definition) is 4. The lowest BCUT2D eigenvalue weighted by atomic mass is 9.76.